The molecule has 2 aliphatic heterocycles. The highest BCUT2D eigenvalue weighted by molar-refractivity contribution is 7.99. The number of amides is 1. The van der Waals surface area contributed by atoms with Gasteiger partial charge in [-0.3, -0.25) is 14.6 Å². The number of benzene rings is 2. The van der Waals surface area contributed by atoms with Crippen LogP contribution in [0.2, 0.25) is 10.0 Å². The van der Waals surface area contributed by atoms with Crippen LogP contribution in [0.15, 0.2) is 53.7 Å². The Morgan fingerprint density at radius 1 is 1.09 bits per heavy atom. The first-order valence-corrected chi connectivity index (χ1v) is 12.5. The summed E-state index contributed by atoms with van der Waals surface area (Å²) in [6.45, 7) is 3.35. The molecule has 34 heavy (non-hydrogen) atoms. The van der Waals surface area contributed by atoms with E-state index < -0.39 is 6.23 Å². The van der Waals surface area contributed by atoms with E-state index in [0.29, 0.717) is 38.1 Å². The minimum Gasteiger partial charge on any atom is -0.374 e. The number of hydrogen-bond donors (Lipinski definition) is 3. The Kier molecular flexibility index (Phi) is 6.91. The predicted molar refractivity (Wildman–Crippen MR) is 135 cm³/mol. The molecule has 0 bridgehead atoms. The zero-order valence-electron chi connectivity index (χ0n) is 18.0. The van der Waals surface area contributed by atoms with Gasteiger partial charge in [-0.05, 0) is 29.8 Å². The molecule has 2 aliphatic rings. The maximum Gasteiger partial charge on any atom is 0.263 e. The maximum absolute atomic E-state index is 13.1. The lowest BCUT2D eigenvalue weighted by molar-refractivity contribution is -0.00544. The summed E-state index contributed by atoms with van der Waals surface area (Å²) in [5.41, 5.74) is 2.50. The lowest BCUT2D eigenvalue weighted by Gasteiger charge is -2.31. The molecule has 2 aromatic carbocycles. The van der Waals surface area contributed by atoms with Crippen molar-refractivity contribution >= 4 is 58.2 Å². The number of fused-ring (bicyclic) bond motifs is 1. The van der Waals surface area contributed by atoms with Crippen LogP contribution in [0.3, 0.4) is 0 Å². The fraction of sp³-hybridized carbons (Fsp3) is 0.261. The number of nitrogens with one attached hydrogen (secondary N) is 2. The first-order valence-electron chi connectivity index (χ1n) is 10.8. The van der Waals surface area contributed by atoms with Gasteiger partial charge in [0.25, 0.3) is 5.91 Å². The Hall–Kier alpha value is -2.40. The van der Waals surface area contributed by atoms with Gasteiger partial charge in [-0.15, -0.1) is 0 Å². The molecule has 1 saturated heterocycles. The van der Waals surface area contributed by atoms with E-state index in [1.54, 1.807) is 18.2 Å². The van der Waals surface area contributed by atoms with Crippen molar-refractivity contribution in [3.63, 3.8) is 0 Å². The first-order chi connectivity index (χ1) is 16.5. The molecule has 0 radical (unpaired) electrons. The fourth-order valence-electron chi connectivity index (χ4n) is 3.93. The highest BCUT2D eigenvalue weighted by atomic mass is 35.5. The summed E-state index contributed by atoms with van der Waals surface area (Å²) in [4.78, 5) is 25.5. The van der Waals surface area contributed by atoms with Crippen molar-refractivity contribution < 1.29 is 9.90 Å². The number of anilines is 3. The van der Waals surface area contributed by atoms with Gasteiger partial charge < -0.3 is 15.7 Å². The normalized spacial score (nSPS) is 17.4. The van der Waals surface area contributed by atoms with Crippen molar-refractivity contribution in [2.45, 2.75) is 11.3 Å². The molecule has 0 aliphatic carbocycles. The van der Waals surface area contributed by atoms with Crippen LogP contribution in [-0.2, 0) is 0 Å². The van der Waals surface area contributed by atoms with Gasteiger partial charge in [0, 0.05) is 38.1 Å². The average molecular weight is 517 g/mol. The number of rotatable bonds is 5. The minimum atomic E-state index is -0.631. The highest BCUT2D eigenvalue weighted by Gasteiger charge is 2.30. The van der Waals surface area contributed by atoms with E-state index in [9.17, 15) is 9.90 Å². The topological polar surface area (TPSA) is 93.6 Å². The predicted octanol–water partition coefficient (Wildman–Crippen LogP) is 4.13. The molecule has 1 fully saturated rings. The Balaban J connectivity index is 1.29. The summed E-state index contributed by atoms with van der Waals surface area (Å²) in [6, 6.07) is 12.7. The molecule has 1 aromatic heterocycles. The molecule has 11 heteroatoms. The third-order valence-corrected chi connectivity index (χ3v) is 7.31. The van der Waals surface area contributed by atoms with Gasteiger partial charge in [0.1, 0.15) is 11.3 Å². The molecule has 3 heterocycles. The first kappa shape index (κ1) is 23.3. The number of nitrogens with zero attached hydrogens (tertiary/aromatic N) is 4. The van der Waals surface area contributed by atoms with Crippen LogP contribution >= 0.6 is 35.0 Å². The summed E-state index contributed by atoms with van der Waals surface area (Å²) in [6.07, 6.45) is 0.882. The fourth-order valence-corrected chi connectivity index (χ4v) is 5.48. The summed E-state index contributed by atoms with van der Waals surface area (Å²) >= 11 is 14.0. The number of aliphatic hydroxyl groups is 1. The maximum atomic E-state index is 13.1. The lowest BCUT2D eigenvalue weighted by Crippen LogP contribution is -2.45. The van der Waals surface area contributed by atoms with E-state index in [1.165, 1.54) is 22.9 Å². The van der Waals surface area contributed by atoms with Gasteiger partial charge in [0.2, 0.25) is 5.95 Å². The Labute approximate surface area is 211 Å². The van der Waals surface area contributed by atoms with Crippen LogP contribution < -0.4 is 15.5 Å². The molecule has 3 aromatic rings. The molecule has 1 atom stereocenters. The van der Waals surface area contributed by atoms with Crippen molar-refractivity contribution in [3.05, 3.63) is 69.8 Å². The van der Waals surface area contributed by atoms with E-state index in [1.807, 2.05) is 29.2 Å². The van der Waals surface area contributed by atoms with Crippen molar-refractivity contribution in [3.8, 4) is 0 Å². The van der Waals surface area contributed by atoms with Gasteiger partial charge in [0.05, 0.1) is 27.2 Å². The van der Waals surface area contributed by atoms with E-state index in [-0.39, 0.29) is 5.91 Å². The number of thioether (sulfide) groups is 1. The smallest absolute Gasteiger partial charge is 0.263 e. The number of piperazine rings is 1. The monoisotopic (exact) mass is 516 g/mol. The largest absolute Gasteiger partial charge is 0.374 e. The zero-order chi connectivity index (χ0) is 23.7. The molecule has 176 valence electrons. The van der Waals surface area contributed by atoms with Gasteiger partial charge in [0.15, 0.2) is 0 Å². The number of aliphatic hydroxyl groups excluding tert-OH is 1. The second-order valence-electron chi connectivity index (χ2n) is 7.90. The number of para-hydroxylation sites is 1. The second-order valence-corrected chi connectivity index (χ2v) is 9.64. The van der Waals surface area contributed by atoms with Crippen LogP contribution in [0.4, 0.5) is 17.3 Å². The molecule has 8 nitrogen and oxygen atoms in total. The number of aromatic nitrogens is 2. The average Bonchev–Trinajstić information content (AvgIpc) is 2.86. The molecule has 1 amide bonds. The van der Waals surface area contributed by atoms with Gasteiger partial charge >= 0.3 is 0 Å². The Morgan fingerprint density at radius 2 is 1.79 bits per heavy atom. The Bertz CT molecular complexity index is 1190. The van der Waals surface area contributed by atoms with Crippen LogP contribution in [0.5, 0.6) is 0 Å². The van der Waals surface area contributed by atoms with Crippen molar-refractivity contribution in [2.24, 2.45) is 0 Å². The molecule has 0 spiro atoms. The summed E-state index contributed by atoms with van der Waals surface area (Å²) in [5.74, 6) is 0.477. The SMILES string of the molecule is O=C1c2cnc(Nc3ccc(C(O)N4CCNCC4)cc3)nc2SCN1c1c(Cl)cccc1Cl. The second kappa shape index (κ2) is 10.1. The Morgan fingerprint density at radius 3 is 2.50 bits per heavy atom. The van der Waals surface area contributed by atoms with Crippen molar-refractivity contribution in [2.75, 3.05) is 42.3 Å². The molecule has 3 N–H and O–H groups in total. The minimum absolute atomic E-state index is 0.249. The lowest BCUT2D eigenvalue weighted by atomic mass is 10.1. The third kappa shape index (κ3) is 4.72. The third-order valence-electron chi connectivity index (χ3n) is 5.73. The van der Waals surface area contributed by atoms with Crippen LogP contribution in [-0.4, -0.2) is 57.9 Å². The van der Waals surface area contributed by atoms with Crippen LogP contribution in [0.1, 0.15) is 22.1 Å². The summed E-state index contributed by atoms with van der Waals surface area (Å²) in [7, 11) is 0. The van der Waals surface area contributed by atoms with Crippen molar-refractivity contribution in [1.29, 1.82) is 0 Å². The summed E-state index contributed by atoms with van der Waals surface area (Å²) < 4.78 is 0. The highest BCUT2D eigenvalue weighted by Crippen LogP contribution is 2.39. The standard InChI is InChI=1S/C23H22Cl2N6O2S/c24-17-2-1-3-18(25)19(17)31-13-34-20-16(22(31)33)12-27-23(29-20)28-15-6-4-14(5-7-15)21(32)30-10-8-26-9-11-30/h1-7,12,21,26,32H,8-11,13H2,(H,27,28,29). The van der Waals surface area contributed by atoms with E-state index in [2.05, 4.69) is 20.6 Å². The van der Waals surface area contributed by atoms with E-state index in [4.69, 9.17) is 23.2 Å². The summed E-state index contributed by atoms with van der Waals surface area (Å²) in [5, 5.41) is 18.5. The number of carbonyl (C=O) groups is 1. The van der Waals surface area contributed by atoms with Crippen LogP contribution in [0.25, 0.3) is 0 Å². The number of hydrogen-bond acceptors (Lipinski definition) is 8. The van der Waals surface area contributed by atoms with E-state index >= 15 is 0 Å². The quantitative estimate of drug-likeness (QED) is 0.435. The molecule has 1 unspecified atom stereocenters. The number of halogens is 2. The van der Waals surface area contributed by atoms with Gasteiger partial charge in [-0.1, -0.05) is 53.2 Å². The molecular weight excluding hydrogens is 495 g/mol. The zero-order valence-corrected chi connectivity index (χ0v) is 20.4. The molecular formula is C23H22Cl2N6O2S. The number of carbonyl (C=O) groups excluding carboxylic acids is 1. The molecule has 0 saturated carbocycles. The van der Waals surface area contributed by atoms with E-state index in [0.717, 1.165) is 37.4 Å². The van der Waals surface area contributed by atoms with Gasteiger partial charge in [-0.2, -0.15) is 0 Å². The van der Waals surface area contributed by atoms with Crippen LogP contribution in [0, 0.1) is 0 Å². The van der Waals surface area contributed by atoms with Crippen molar-refractivity contribution in [1.82, 2.24) is 20.2 Å². The van der Waals surface area contributed by atoms with Gasteiger partial charge in [-0.25, -0.2) is 9.97 Å². The molecule has 5 rings (SSSR count).